The van der Waals surface area contributed by atoms with Crippen LogP contribution in [0.15, 0.2) is 29.2 Å². The third kappa shape index (κ3) is 3.89. The molecule has 9 heteroatoms. The zero-order valence-electron chi connectivity index (χ0n) is 13.8. The first-order chi connectivity index (χ1) is 10.9. The molecule has 1 rings (SSSR count). The number of nitrogens with zero attached hydrogens (tertiary/aromatic N) is 1. The van der Waals surface area contributed by atoms with Gasteiger partial charge < -0.3 is 4.74 Å². The Morgan fingerprint density at radius 2 is 1.75 bits per heavy atom. The van der Waals surface area contributed by atoms with Crippen molar-refractivity contribution < 1.29 is 31.1 Å². The van der Waals surface area contributed by atoms with Gasteiger partial charge in [0.25, 0.3) is 0 Å². The van der Waals surface area contributed by atoms with Crippen molar-refractivity contribution in [3.63, 3.8) is 0 Å². The smallest absolute Gasteiger partial charge is 0.417 e. The number of carbonyl (C=O) groups excluding carboxylic acids is 1. The van der Waals surface area contributed by atoms with E-state index in [9.17, 15) is 26.4 Å². The maximum Gasteiger partial charge on any atom is 0.417 e. The van der Waals surface area contributed by atoms with Crippen LogP contribution >= 0.6 is 0 Å². The summed E-state index contributed by atoms with van der Waals surface area (Å²) in [5.41, 5.74) is -2.92. The van der Waals surface area contributed by atoms with Crippen LogP contribution in [0.1, 0.15) is 32.8 Å². The van der Waals surface area contributed by atoms with Crippen LogP contribution in [0.4, 0.5) is 13.2 Å². The topological polar surface area (TPSA) is 63.7 Å². The van der Waals surface area contributed by atoms with Crippen molar-refractivity contribution in [3.8, 4) is 0 Å². The largest absolute Gasteiger partial charge is 0.468 e. The van der Waals surface area contributed by atoms with E-state index in [-0.39, 0.29) is 6.54 Å². The number of rotatable bonds is 6. The van der Waals surface area contributed by atoms with Gasteiger partial charge in [0.05, 0.1) is 17.6 Å². The van der Waals surface area contributed by atoms with E-state index in [0.29, 0.717) is 12.5 Å². The Morgan fingerprint density at radius 1 is 1.21 bits per heavy atom. The Hall–Kier alpha value is -1.61. The van der Waals surface area contributed by atoms with E-state index in [1.54, 1.807) is 6.92 Å². The average molecular weight is 367 g/mol. The Morgan fingerprint density at radius 3 is 2.21 bits per heavy atom. The summed E-state index contributed by atoms with van der Waals surface area (Å²) in [7, 11) is -3.49. The Balaban J connectivity index is 3.58. The van der Waals surface area contributed by atoms with Crippen LogP contribution in [-0.4, -0.2) is 37.9 Å². The molecule has 0 bridgehead atoms. The average Bonchev–Trinajstić information content (AvgIpc) is 2.50. The molecule has 0 aliphatic carbocycles. The van der Waals surface area contributed by atoms with Crippen LogP contribution in [0.2, 0.25) is 0 Å². The van der Waals surface area contributed by atoms with Gasteiger partial charge in [-0.3, -0.25) is 4.79 Å². The summed E-state index contributed by atoms with van der Waals surface area (Å²) in [5.74, 6) is -0.857. The highest BCUT2D eigenvalue weighted by Crippen LogP contribution is 2.36. The van der Waals surface area contributed by atoms with Crippen LogP contribution in [0.25, 0.3) is 0 Å². The number of carbonyl (C=O) groups is 1. The molecule has 0 aromatic heterocycles. The van der Waals surface area contributed by atoms with Crippen molar-refractivity contribution in [1.82, 2.24) is 4.31 Å². The predicted octanol–water partition coefficient (Wildman–Crippen LogP) is 3.06. The van der Waals surface area contributed by atoms with E-state index in [1.807, 2.05) is 0 Å². The van der Waals surface area contributed by atoms with E-state index >= 15 is 0 Å². The minimum absolute atomic E-state index is 0.128. The van der Waals surface area contributed by atoms with Gasteiger partial charge in [-0.2, -0.15) is 17.5 Å². The number of alkyl halides is 3. The number of esters is 1. The molecule has 136 valence electrons. The molecule has 0 radical (unpaired) electrons. The highest BCUT2D eigenvalue weighted by atomic mass is 32.2. The van der Waals surface area contributed by atoms with E-state index < -0.39 is 38.2 Å². The van der Waals surface area contributed by atoms with Crippen molar-refractivity contribution in [3.05, 3.63) is 29.8 Å². The zero-order valence-corrected chi connectivity index (χ0v) is 14.7. The third-order valence-electron chi connectivity index (χ3n) is 3.50. The molecule has 5 nitrogen and oxygen atoms in total. The predicted molar refractivity (Wildman–Crippen MR) is 81.7 cm³/mol. The lowest BCUT2D eigenvalue weighted by molar-refractivity contribution is -0.150. The lowest BCUT2D eigenvalue weighted by Crippen LogP contribution is -2.53. The summed E-state index contributed by atoms with van der Waals surface area (Å²) >= 11 is 0. The summed E-state index contributed by atoms with van der Waals surface area (Å²) in [6.07, 6.45) is -4.52. The number of sulfonamides is 1. The number of ether oxygens (including phenoxy) is 1. The maximum absolute atomic E-state index is 13.2. The highest BCUT2D eigenvalue weighted by Gasteiger charge is 2.46. The normalized spacial score (nSPS) is 13.2. The first kappa shape index (κ1) is 20.4. The molecule has 0 unspecified atom stereocenters. The first-order valence-corrected chi connectivity index (χ1v) is 8.62. The standard InChI is InChI=1S/C15H20F3NO4S/c1-5-10-19(14(2,3)13(20)23-4)24(21,22)12-9-7-6-8-11(12)15(16,17)18/h6-9H,5,10H2,1-4H3. The molecule has 0 saturated carbocycles. The molecule has 1 aromatic carbocycles. The van der Waals surface area contributed by atoms with E-state index in [2.05, 4.69) is 4.74 Å². The molecule has 0 heterocycles. The highest BCUT2D eigenvalue weighted by molar-refractivity contribution is 7.89. The number of hydrogen-bond acceptors (Lipinski definition) is 4. The van der Waals surface area contributed by atoms with Gasteiger partial charge in [-0.1, -0.05) is 19.1 Å². The zero-order chi connectivity index (χ0) is 18.8. The molecule has 0 aliphatic rings. The molecule has 0 aliphatic heterocycles. The van der Waals surface area contributed by atoms with Crippen LogP contribution < -0.4 is 0 Å². The van der Waals surface area contributed by atoms with Gasteiger partial charge >= 0.3 is 12.1 Å². The molecule has 0 amide bonds. The molecule has 0 N–H and O–H groups in total. The second kappa shape index (κ2) is 7.10. The Labute approximate surface area is 139 Å². The number of halogens is 3. The van der Waals surface area contributed by atoms with Gasteiger partial charge in [-0.05, 0) is 32.4 Å². The number of hydrogen-bond donors (Lipinski definition) is 0. The van der Waals surface area contributed by atoms with Crippen LogP contribution in [0.5, 0.6) is 0 Å². The van der Waals surface area contributed by atoms with Gasteiger partial charge in [-0.15, -0.1) is 0 Å². The Bertz CT molecular complexity index is 699. The van der Waals surface area contributed by atoms with Crippen molar-refractivity contribution in [2.24, 2.45) is 0 Å². The quantitative estimate of drug-likeness (QED) is 0.725. The monoisotopic (exact) mass is 367 g/mol. The van der Waals surface area contributed by atoms with E-state index in [4.69, 9.17) is 0 Å². The molecule has 0 fully saturated rings. The van der Waals surface area contributed by atoms with Crippen LogP contribution in [0.3, 0.4) is 0 Å². The second-order valence-electron chi connectivity index (χ2n) is 5.62. The van der Waals surface area contributed by atoms with Crippen LogP contribution in [0, 0.1) is 0 Å². The summed E-state index contributed by atoms with van der Waals surface area (Å²) in [6, 6.07) is 3.89. The van der Waals surface area contributed by atoms with Crippen molar-refractivity contribution in [2.75, 3.05) is 13.7 Å². The van der Waals surface area contributed by atoms with Gasteiger partial charge in [0.1, 0.15) is 5.54 Å². The number of benzene rings is 1. The summed E-state index contributed by atoms with van der Waals surface area (Å²) in [6.45, 7) is 4.12. The van der Waals surface area contributed by atoms with Gasteiger partial charge in [0.2, 0.25) is 10.0 Å². The molecule has 0 atom stereocenters. The van der Waals surface area contributed by atoms with Gasteiger partial charge in [0.15, 0.2) is 0 Å². The van der Waals surface area contributed by atoms with Crippen molar-refractivity contribution in [2.45, 2.75) is 43.8 Å². The molecule has 0 spiro atoms. The SMILES string of the molecule is CCCN(C(C)(C)C(=O)OC)S(=O)(=O)c1ccccc1C(F)(F)F. The molecule has 0 saturated heterocycles. The molecular formula is C15H20F3NO4S. The summed E-state index contributed by atoms with van der Waals surface area (Å²) < 4.78 is 70.6. The molecular weight excluding hydrogens is 347 g/mol. The van der Waals surface area contributed by atoms with Crippen LogP contribution in [-0.2, 0) is 25.7 Å². The van der Waals surface area contributed by atoms with Crippen molar-refractivity contribution in [1.29, 1.82) is 0 Å². The first-order valence-electron chi connectivity index (χ1n) is 7.18. The van der Waals surface area contributed by atoms with E-state index in [1.165, 1.54) is 19.9 Å². The number of methoxy groups -OCH3 is 1. The summed E-state index contributed by atoms with van der Waals surface area (Å²) in [5, 5.41) is 0. The summed E-state index contributed by atoms with van der Waals surface area (Å²) in [4.78, 5) is 11.1. The van der Waals surface area contributed by atoms with Gasteiger partial charge in [0, 0.05) is 6.54 Å². The fourth-order valence-corrected chi connectivity index (χ4v) is 4.35. The van der Waals surface area contributed by atoms with Gasteiger partial charge in [-0.25, -0.2) is 8.42 Å². The lowest BCUT2D eigenvalue weighted by Gasteiger charge is -2.35. The minimum Gasteiger partial charge on any atom is -0.468 e. The Kier molecular flexibility index (Phi) is 6.05. The second-order valence-corrected chi connectivity index (χ2v) is 7.45. The maximum atomic E-state index is 13.2. The molecule has 1 aromatic rings. The fraction of sp³-hybridized carbons (Fsp3) is 0.533. The third-order valence-corrected chi connectivity index (χ3v) is 5.63. The van der Waals surface area contributed by atoms with E-state index in [0.717, 1.165) is 23.5 Å². The fourth-order valence-electron chi connectivity index (χ4n) is 2.30. The minimum atomic E-state index is -4.84. The van der Waals surface area contributed by atoms with Crippen molar-refractivity contribution >= 4 is 16.0 Å². The lowest BCUT2D eigenvalue weighted by atomic mass is 10.1. The molecule has 24 heavy (non-hydrogen) atoms.